The fourth-order valence-electron chi connectivity index (χ4n) is 1.68. The van der Waals surface area contributed by atoms with Gasteiger partial charge in [-0.05, 0) is 18.2 Å². The Morgan fingerprint density at radius 1 is 1.25 bits per heavy atom. The van der Waals surface area contributed by atoms with Crippen LogP contribution in [0.2, 0.25) is 5.02 Å². The second kappa shape index (κ2) is 4.14. The van der Waals surface area contributed by atoms with Crippen LogP contribution in [0.15, 0.2) is 18.2 Å². The maximum absolute atomic E-state index is 11.3. The highest BCUT2D eigenvalue weighted by Gasteiger charge is 2.21. The number of rotatable bonds is 1. The summed E-state index contributed by atoms with van der Waals surface area (Å²) in [5.41, 5.74) is 7.08. The Balaban J connectivity index is 2.17. The summed E-state index contributed by atoms with van der Waals surface area (Å²) in [6.07, 6.45) is 0. The van der Waals surface area contributed by atoms with Crippen molar-refractivity contribution in [2.75, 3.05) is 35.2 Å². The Labute approximate surface area is 99.9 Å². The molecule has 1 heterocycles. The molecule has 0 bridgehead atoms. The largest absolute Gasteiger partial charge is 0.398 e. The molecule has 2 N–H and O–H groups in total. The molecule has 0 aromatic heterocycles. The van der Waals surface area contributed by atoms with Crippen LogP contribution in [0.5, 0.6) is 0 Å². The van der Waals surface area contributed by atoms with E-state index in [1.165, 1.54) is 0 Å². The molecule has 16 heavy (non-hydrogen) atoms. The zero-order valence-corrected chi connectivity index (χ0v) is 10.3. The van der Waals surface area contributed by atoms with Crippen LogP contribution in [-0.2, 0) is 9.84 Å². The predicted octanol–water partition coefficient (Wildman–Crippen LogP) is 1.16. The van der Waals surface area contributed by atoms with Crippen LogP contribution in [0.4, 0.5) is 11.4 Å². The van der Waals surface area contributed by atoms with Crippen LogP contribution < -0.4 is 10.6 Å². The van der Waals surface area contributed by atoms with Crippen molar-refractivity contribution < 1.29 is 8.42 Å². The first-order chi connectivity index (χ1) is 7.48. The highest BCUT2D eigenvalue weighted by atomic mass is 35.5. The lowest BCUT2D eigenvalue weighted by atomic mass is 10.2. The Morgan fingerprint density at radius 3 is 2.44 bits per heavy atom. The van der Waals surface area contributed by atoms with Gasteiger partial charge in [0.1, 0.15) is 0 Å². The van der Waals surface area contributed by atoms with Gasteiger partial charge < -0.3 is 10.6 Å². The lowest BCUT2D eigenvalue weighted by molar-refractivity contribution is 0.587. The van der Waals surface area contributed by atoms with Crippen LogP contribution in [-0.4, -0.2) is 33.0 Å². The van der Waals surface area contributed by atoms with Gasteiger partial charge in [-0.3, -0.25) is 0 Å². The van der Waals surface area contributed by atoms with E-state index in [1.807, 2.05) is 11.0 Å². The number of hydrogen-bond acceptors (Lipinski definition) is 4. The summed E-state index contributed by atoms with van der Waals surface area (Å²) in [4.78, 5) is 2.01. The van der Waals surface area contributed by atoms with E-state index in [0.29, 0.717) is 23.8 Å². The van der Waals surface area contributed by atoms with Gasteiger partial charge in [0.25, 0.3) is 0 Å². The normalized spacial score (nSPS) is 19.7. The molecule has 0 aliphatic carbocycles. The van der Waals surface area contributed by atoms with Gasteiger partial charge in [0.15, 0.2) is 9.84 Å². The zero-order valence-electron chi connectivity index (χ0n) is 8.69. The fourth-order valence-corrected chi connectivity index (χ4v) is 3.06. The van der Waals surface area contributed by atoms with Crippen LogP contribution in [0.25, 0.3) is 0 Å². The number of nitrogens with zero attached hydrogens (tertiary/aromatic N) is 1. The third-order valence-electron chi connectivity index (χ3n) is 2.69. The minimum Gasteiger partial charge on any atom is -0.398 e. The van der Waals surface area contributed by atoms with Crippen LogP contribution >= 0.6 is 11.6 Å². The van der Waals surface area contributed by atoms with Gasteiger partial charge in [-0.25, -0.2) is 8.42 Å². The smallest absolute Gasteiger partial charge is 0.153 e. The summed E-state index contributed by atoms with van der Waals surface area (Å²) < 4.78 is 22.6. The molecule has 1 aromatic carbocycles. The van der Waals surface area contributed by atoms with Crippen molar-refractivity contribution in [3.05, 3.63) is 23.2 Å². The minimum absolute atomic E-state index is 0.203. The van der Waals surface area contributed by atoms with Crippen LogP contribution in [0.1, 0.15) is 0 Å². The molecule has 0 unspecified atom stereocenters. The van der Waals surface area contributed by atoms with E-state index >= 15 is 0 Å². The number of hydrogen-bond donors (Lipinski definition) is 1. The molecule has 0 atom stereocenters. The molecule has 1 saturated heterocycles. The molecule has 1 aliphatic rings. The van der Waals surface area contributed by atoms with E-state index in [2.05, 4.69) is 0 Å². The van der Waals surface area contributed by atoms with E-state index in [-0.39, 0.29) is 11.5 Å². The molecule has 0 spiro atoms. The van der Waals surface area contributed by atoms with Gasteiger partial charge in [-0.1, -0.05) is 11.6 Å². The molecule has 0 radical (unpaired) electrons. The molecular weight excluding hydrogens is 248 g/mol. The van der Waals surface area contributed by atoms with Gasteiger partial charge in [0.05, 0.1) is 22.2 Å². The Morgan fingerprint density at radius 2 is 1.88 bits per heavy atom. The molecular formula is C10H13ClN2O2S. The number of nitrogens with two attached hydrogens (primary N) is 1. The summed E-state index contributed by atoms with van der Waals surface area (Å²) in [5, 5.41) is 0.505. The average molecular weight is 261 g/mol. The van der Waals surface area contributed by atoms with E-state index in [1.54, 1.807) is 12.1 Å². The van der Waals surface area contributed by atoms with Crippen LogP contribution in [0.3, 0.4) is 0 Å². The third kappa shape index (κ3) is 2.41. The number of benzene rings is 1. The maximum Gasteiger partial charge on any atom is 0.153 e. The van der Waals surface area contributed by atoms with Gasteiger partial charge >= 0.3 is 0 Å². The van der Waals surface area contributed by atoms with Crippen molar-refractivity contribution in [3.63, 3.8) is 0 Å². The molecule has 4 nitrogen and oxygen atoms in total. The van der Waals surface area contributed by atoms with Gasteiger partial charge in [0, 0.05) is 18.8 Å². The predicted molar refractivity (Wildman–Crippen MR) is 66.7 cm³/mol. The average Bonchev–Trinajstić information content (AvgIpc) is 2.22. The van der Waals surface area contributed by atoms with Gasteiger partial charge in [-0.2, -0.15) is 0 Å². The molecule has 1 fully saturated rings. The standard InChI is InChI=1S/C10H13ClN2O2S/c11-9-7-8(1-2-10(9)12)13-3-5-16(14,15)6-4-13/h1-2,7H,3-6,12H2. The van der Waals surface area contributed by atoms with Gasteiger partial charge in [-0.15, -0.1) is 0 Å². The van der Waals surface area contributed by atoms with Crippen molar-refractivity contribution in [3.8, 4) is 0 Å². The number of sulfone groups is 1. The third-order valence-corrected chi connectivity index (χ3v) is 4.63. The summed E-state index contributed by atoms with van der Waals surface area (Å²) in [6, 6.07) is 5.37. The van der Waals surface area contributed by atoms with Crippen molar-refractivity contribution in [1.29, 1.82) is 0 Å². The lowest BCUT2D eigenvalue weighted by Gasteiger charge is -2.28. The molecule has 1 aliphatic heterocycles. The zero-order chi connectivity index (χ0) is 11.8. The topological polar surface area (TPSA) is 63.4 Å². The number of nitrogen functional groups attached to an aromatic ring is 1. The Hall–Kier alpha value is -0.940. The molecule has 1 aromatic rings. The first kappa shape index (κ1) is 11.5. The van der Waals surface area contributed by atoms with E-state index < -0.39 is 9.84 Å². The molecule has 0 saturated carbocycles. The molecule has 0 amide bonds. The Bertz CT molecular complexity index is 488. The lowest BCUT2D eigenvalue weighted by Crippen LogP contribution is -2.40. The highest BCUT2D eigenvalue weighted by Crippen LogP contribution is 2.26. The van der Waals surface area contributed by atoms with Crippen molar-refractivity contribution >= 4 is 32.8 Å². The fraction of sp³-hybridized carbons (Fsp3) is 0.400. The summed E-state index contributed by atoms with van der Waals surface area (Å²) >= 11 is 5.92. The number of anilines is 2. The van der Waals surface area contributed by atoms with Crippen LogP contribution in [0, 0.1) is 0 Å². The minimum atomic E-state index is -2.84. The second-order valence-electron chi connectivity index (χ2n) is 3.84. The SMILES string of the molecule is Nc1ccc(N2CCS(=O)(=O)CC2)cc1Cl. The summed E-state index contributed by atoms with van der Waals surface area (Å²) in [6.45, 7) is 1.03. The first-order valence-corrected chi connectivity index (χ1v) is 7.18. The summed E-state index contributed by atoms with van der Waals surface area (Å²) in [5.74, 6) is 0.407. The molecule has 2 rings (SSSR count). The van der Waals surface area contributed by atoms with E-state index in [0.717, 1.165) is 5.69 Å². The molecule has 6 heteroatoms. The van der Waals surface area contributed by atoms with E-state index in [9.17, 15) is 8.42 Å². The first-order valence-electron chi connectivity index (χ1n) is 4.98. The van der Waals surface area contributed by atoms with E-state index in [4.69, 9.17) is 17.3 Å². The van der Waals surface area contributed by atoms with Crippen molar-refractivity contribution in [2.24, 2.45) is 0 Å². The monoisotopic (exact) mass is 260 g/mol. The summed E-state index contributed by atoms with van der Waals surface area (Å²) in [7, 11) is -2.84. The maximum atomic E-state index is 11.3. The number of halogens is 1. The highest BCUT2D eigenvalue weighted by molar-refractivity contribution is 7.91. The second-order valence-corrected chi connectivity index (χ2v) is 6.56. The Kier molecular flexibility index (Phi) is 2.99. The molecule has 88 valence electrons. The van der Waals surface area contributed by atoms with Crippen molar-refractivity contribution in [2.45, 2.75) is 0 Å². The quantitative estimate of drug-likeness (QED) is 0.770. The van der Waals surface area contributed by atoms with Crippen molar-refractivity contribution in [1.82, 2.24) is 0 Å². The van der Waals surface area contributed by atoms with Gasteiger partial charge in [0.2, 0.25) is 0 Å².